The summed E-state index contributed by atoms with van der Waals surface area (Å²) in [6.07, 6.45) is 6.85. The minimum Gasteiger partial charge on any atom is -0.378 e. The Morgan fingerprint density at radius 2 is 1.67 bits per heavy atom. The molecular weight excluding hydrogens is 685 g/mol. The van der Waals surface area contributed by atoms with Gasteiger partial charge in [-0.3, -0.25) is 24.5 Å². The molecule has 3 aromatic rings. The van der Waals surface area contributed by atoms with Crippen LogP contribution < -0.4 is 21.1 Å². The van der Waals surface area contributed by atoms with Crippen LogP contribution in [0.5, 0.6) is 0 Å². The summed E-state index contributed by atoms with van der Waals surface area (Å²) in [5.41, 5.74) is 4.01. The van der Waals surface area contributed by atoms with Gasteiger partial charge >= 0.3 is 0 Å². The molecule has 0 saturated carbocycles. The maximum absolute atomic E-state index is 15.6. The molecule has 4 saturated heterocycles. The van der Waals surface area contributed by atoms with Gasteiger partial charge in [-0.1, -0.05) is 29.8 Å². The third kappa shape index (κ3) is 7.19. The topological polar surface area (TPSA) is 120 Å². The first-order valence-corrected chi connectivity index (χ1v) is 18.7. The van der Waals surface area contributed by atoms with E-state index in [0.29, 0.717) is 28.8 Å². The number of carbonyl (C=O) groups is 3. The number of anilines is 2. The zero-order valence-corrected chi connectivity index (χ0v) is 30.8. The Morgan fingerprint density at radius 3 is 2.37 bits per heavy atom. The fourth-order valence-electron chi connectivity index (χ4n) is 8.78. The molecule has 0 radical (unpaired) electrons. The first-order chi connectivity index (χ1) is 24.9. The number of likely N-dealkylation sites (tertiary alicyclic amines) is 2. The van der Waals surface area contributed by atoms with Crippen molar-refractivity contribution in [1.29, 1.82) is 0 Å². The van der Waals surface area contributed by atoms with E-state index in [-0.39, 0.29) is 52.0 Å². The van der Waals surface area contributed by atoms with E-state index in [4.69, 9.17) is 11.6 Å². The molecule has 3 amide bonds. The smallest absolute Gasteiger partial charge is 0.287 e. The number of hydrogen-bond acceptors (Lipinski definition) is 8. The third-order valence-electron chi connectivity index (χ3n) is 12.0. The van der Waals surface area contributed by atoms with Gasteiger partial charge in [0.2, 0.25) is 11.8 Å². The van der Waals surface area contributed by atoms with Crippen molar-refractivity contribution in [2.45, 2.75) is 69.7 Å². The number of nitrogens with zero attached hydrogens (tertiary/aromatic N) is 5. The molecule has 13 heteroatoms. The highest BCUT2D eigenvalue weighted by atomic mass is 35.5. The number of likely N-dealkylation sites (N-methyl/N-ethyl adjacent to an activating group) is 1. The molecule has 11 nitrogen and oxygen atoms in total. The SMILES string of the molecule is Cc1c(N2CCC3(CCN(C(=O)c4ccc(C5CC(Nc6cnn(C)c(=O)c6Cl)CN(C)C5)cc4)CC3)CC2)ccc(C2CCC(=O)NC2=O)c1F. The van der Waals surface area contributed by atoms with Gasteiger partial charge < -0.3 is 20.0 Å². The Bertz CT molecular complexity index is 1920. The minimum atomic E-state index is -0.645. The normalized spacial score (nSPS) is 23.8. The van der Waals surface area contributed by atoms with Crippen molar-refractivity contribution in [3.05, 3.63) is 86.0 Å². The maximum Gasteiger partial charge on any atom is 0.287 e. The molecule has 52 heavy (non-hydrogen) atoms. The third-order valence-corrected chi connectivity index (χ3v) is 12.3. The molecular formula is C39H47ClFN7O4. The predicted octanol–water partition coefficient (Wildman–Crippen LogP) is 4.82. The van der Waals surface area contributed by atoms with E-state index in [1.165, 1.54) is 10.2 Å². The van der Waals surface area contributed by atoms with Gasteiger partial charge in [-0.05, 0) is 87.6 Å². The number of hydrogen-bond donors (Lipinski definition) is 2. The highest BCUT2D eigenvalue weighted by Gasteiger charge is 2.39. The van der Waals surface area contributed by atoms with Crippen molar-refractivity contribution >= 4 is 40.7 Å². The molecule has 5 heterocycles. The van der Waals surface area contributed by atoms with E-state index in [1.54, 1.807) is 26.2 Å². The average molecular weight is 732 g/mol. The van der Waals surface area contributed by atoms with Crippen LogP contribution in [0.1, 0.15) is 83.8 Å². The number of aryl methyl sites for hydroxylation is 1. The summed E-state index contributed by atoms with van der Waals surface area (Å²) in [7, 11) is 3.66. The molecule has 1 spiro atoms. The number of carbonyl (C=O) groups excluding carboxylic acids is 3. The van der Waals surface area contributed by atoms with Crippen LogP contribution in [0.4, 0.5) is 15.8 Å². The molecule has 4 aliphatic rings. The highest BCUT2D eigenvalue weighted by molar-refractivity contribution is 6.32. The Hall–Kier alpha value is -4.29. The molecule has 4 aliphatic heterocycles. The van der Waals surface area contributed by atoms with Gasteiger partial charge in [0.15, 0.2) is 0 Å². The molecule has 3 unspecified atom stereocenters. The molecule has 0 bridgehead atoms. The summed E-state index contributed by atoms with van der Waals surface area (Å²) in [5, 5.41) is 10.0. The van der Waals surface area contributed by atoms with Crippen LogP contribution in [0.3, 0.4) is 0 Å². The van der Waals surface area contributed by atoms with Gasteiger partial charge in [0, 0.05) is 81.2 Å². The predicted molar refractivity (Wildman–Crippen MR) is 198 cm³/mol. The van der Waals surface area contributed by atoms with Gasteiger partial charge in [-0.15, -0.1) is 0 Å². The van der Waals surface area contributed by atoms with Crippen LogP contribution in [0, 0.1) is 18.2 Å². The van der Waals surface area contributed by atoms with Crippen LogP contribution in [-0.4, -0.2) is 89.7 Å². The Balaban J connectivity index is 0.923. The van der Waals surface area contributed by atoms with Crippen LogP contribution in [0.25, 0.3) is 0 Å². The number of imide groups is 1. The molecule has 3 atom stereocenters. The molecule has 2 aromatic carbocycles. The number of rotatable bonds is 6. The van der Waals surface area contributed by atoms with Gasteiger partial charge in [0.25, 0.3) is 11.5 Å². The van der Waals surface area contributed by atoms with Gasteiger partial charge in [-0.2, -0.15) is 5.10 Å². The monoisotopic (exact) mass is 731 g/mol. The van der Waals surface area contributed by atoms with Crippen LogP contribution in [0.2, 0.25) is 5.02 Å². The zero-order chi connectivity index (χ0) is 36.7. The highest BCUT2D eigenvalue weighted by Crippen LogP contribution is 2.43. The maximum atomic E-state index is 15.6. The molecule has 7 rings (SSSR count). The lowest BCUT2D eigenvalue weighted by Gasteiger charge is -2.47. The Labute approximate surface area is 308 Å². The lowest BCUT2D eigenvalue weighted by Crippen LogP contribution is -2.48. The number of benzene rings is 2. The lowest BCUT2D eigenvalue weighted by atomic mass is 9.71. The van der Waals surface area contributed by atoms with Gasteiger partial charge in [0.05, 0.1) is 17.8 Å². The van der Waals surface area contributed by atoms with Crippen LogP contribution >= 0.6 is 11.6 Å². The number of piperidine rings is 4. The van der Waals surface area contributed by atoms with E-state index in [0.717, 1.165) is 77.1 Å². The van der Waals surface area contributed by atoms with E-state index >= 15 is 4.39 Å². The van der Waals surface area contributed by atoms with Gasteiger partial charge in [-0.25, -0.2) is 9.07 Å². The van der Waals surface area contributed by atoms with E-state index < -0.39 is 11.8 Å². The van der Waals surface area contributed by atoms with E-state index in [9.17, 15) is 19.2 Å². The first kappa shape index (κ1) is 36.1. The Morgan fingerprint density at radius 1 is 0.981 bits per heavy atom. The molecule has 4 fully saturated rings. The Kier molecular flexibility index (Phi) is 10.1. The van der Waals surface area contributed by atoms with Crippen LogP contribution in [-0.2, 0) is 16.6 Å². The summed E-state index contributed by atoms with van der Waals surface area (Å²) >= 11 is 6.32. The second-order valence-corrected chi connectivity index (χ2v) is 15.7. The number of halogens is 2. The summed E-state index contributed by atoms with van der Waals surface area (Å²) < 4.78 is 16.8. The molecule has 1 aromatic heterocycles. The summed E-state index contributed by atoms with van der Waals surface area (Å²) in [5.74, 6) is -1.42. The number of nitrogens with one attached hydrogen (secondary N) is 2. The number of amides is 3. The summed E-state index contributed by atoms with van der Waals surface area (Å²) in [6, 6.07) is 11.8. The quantitative estimate of drug-likeness (QED) is 0.347. The van der Waals surface area contributed by atoms with Gasteiger partial charge in [0.1, 0.15) is 10.8 Å². The van der Waals surface area contributed by atoms with Crippen molar-refractivity contribution in [2.24, 2.45) is 12.5 Å². The minimum absolute atomic E-state index is 0.0640. The molecule has 276 valence electrons. The first-order valence-electron chi connectivity index (χ1n) is 18.3. The van der Waals surface area contributed by atoms with E-state index in [1.807, 2.05) is 23.1 Å². The van der Waals surface area contributed by atoms with Crippen LogP contribution in [0.15, 0.2) is 47.4 Å². The van der Waals surface area contributed by atoms with Crippen molar-refractivity contribution in [2.75, 3.05) is 56.5 Å². The molecule has 0 aliphatic carbocycles. The average Bonchev–Trinajstić information content (AvgIpc) is 3.14. The van der Waals surface area contributed by atoms with E-state index in [2.05, 4.69) is 44.7 Å². The summed E-state index contributed by atoms with van der Waals surface area (Å²) in [6.45, 7) is 6.54. The zero-order valence-electron chi connectivity index (χ0n) is 30.1. The largest absolute Gasteiger partial charge is 0.378 e. The second-order valence-electron chi connectivity index (χ2n) is 15.3. The van der Waals surface area contributed by atoms with Crippen molar-refractivity contribution in [1.82, 2.24) is 24.9 Å². The van der Waals surface area contributed by atoms with Crippen molar-refractivity contribution in [3.8, 4) is 0 Å². The summed E-state index contributed by atoms with van der Waals surface area (Å²) in [4.78, 5) is 56.3. The van der Waals surface area contributed by atoms with Crippen molar-refractivity contribution < 1.29 is 18.8 Å². The standard InChI is InChI=1S/C39H47ClFN7O4/c1-24-32(10-8-29(35(24)41)30-9-11-33(49)44-36(30)50)47-16-12-39(13-17-47)14-18-48(19-15-39)37(51)26-6-4-25(5-7-26)27-20-28(23-45(2)22-27)43-31-21-42-46(3)38(52)34(31)40/h4-8,10,21,27-28,30,43H,9,11-20,22-23H2,1-3H3,(H,44,49,50). The fourth-order valence-corrected chi connectivity index (χ4v) is 9.01. The fraction of sp³-hybridized carbons (Fsp3) is 0.513. The number of aromatic nitrogens is 2. The molecule has 2 N–H and O–H groups in total. The second kappa shape index (κ2) is 14.6. The lowest BCUT2D eigenvalue weighted by molar-refractivity contribution is -0.134. The van der Waals surface area contributed by atoms with Crippen molar-refractivity contribution in [3.63, 3.8) is 0 Å².